The van der Waals surface area contributed by atoms with Crippen molar-refractivity contribution in [2.45, 2.75) is 13.8 Å². The van der Waals surface area contributed by atoms with Gasteiger partial charge in [-0.1, -0.05) is 13.2 Å². The molecule has 0 spiro atoms. The zero-order valence-electron chi connectivity index (χ0n) is 17.6. The second kappa shape index (κ2) is 19.5. The van der Waals surface area contributed by atoms with Crippen molar-refractivity contribution >= 4 is 11.9 Å². The highest BCUT2D eigenvalue weighted by molar-refractivity contribution is 5.87. The van der Waals surface area contributed by atoms with Gasteiger partial charge >= 0.3 is 11.9 Å². The number of carbonyl (C=O) groups excluding carboxylic acids is 2. The molecule has 0 N–H and O–H groups in total. The van der Waals surface area contributed by atoms with Crippen LogP contribution in [0.1, 0.15) is 13.8 Å². The Labute approximate surface area is 172 Å². The van der Waals surface area contributed by atoms with Crippen molar-refractivity contribution in [3.05, 3.63) is 24.3 Å². The van der Waals surface area contributed by atoms with Crippen LogP contribution in [-0.2, 0) is 42.7 Å². The standard InChI is InChI=1S/C20H34O9/c1-17(2)19(21)28-15-13-26-11-9-24-7-5-23-6-8-25-10-12-27-14-16-29-20(22)18(3)4/h1,3,5-16H2,2,4H3. The summed E-state index contributed by atoms with van der Waals surface area (Å²) in [5, 5.41) is 0. The summed E-state index contributed by atoms with van der Waals surface area (Å²) < 4.78 is 36.3. The van der Waals surface area contributed by atoms with Gasteiger partial charge in [-0.05, 0) is 13.8 Å². The van der Waals surface area contributed by atoms with Gasteiger partial charge in [-0.3, -0.25) is 0 Å². The van der Waals surface area contributed by atoms with Gasteiger partial charge in [-0.15, -0.1) is 0 Å². The second-order valence-electron chi connectivity index (χ2n) is 5.89. The molecule has 0 aromatic rings. The molecule has 0 aromatic carbocycles. The van der Waals surface area contributed by atoms with E-state index in [-0.39, 0.29) is 13.2 Å². The molecule has 9 nitrogen and oxygen atoms in total. The molecule has 0 bridgehead atoms. The Kier molecular flexibility index (Phi) is 18.3. The lowest BCUT2D eigenvalue weighted by Crippen LogP contribution is -2.15. The van der Waals surface area contributed by atoms with Gasteiger partial charge in [0.2, 0.25) is 0 Å². The lowest BCUT2D eigenvalue weighted by atomic mass is 10.4. The fourth-order valence-corrected chi connectivity index (χ4v) is 1.61. The van der Waals surface area contributed by atoms with Crippen LogP contribution in [0.3, 0.4) is 0 Å². The molecule has 0 aliphatic carbocycles. The number of hydrogen-bond acceptors (Lipinski definition) is 9. The molecule has 0 radical (unpaired) electrons. The molecule has 29 heavy (non-hydrogen) atoms. The fraction of sp³-hybridized carbons (Fsp3) is 0.700. The molecular formula is C20H34O9. The van der Waals surface area contributed by atoms with Crippen molar-refractivity contribution in [3.8, 4) is 0 Å². The maximum Gasteiger partial charge on any atom is 0.333 e. The van der Waals surface area contributed by atoms with Crippen LogP contribution in [0.5, 0.6) is 0 Å². The first-order valence-corrected chi connectivity index (χ1v) is 9.49. The second-order valence-corrected chi connectivity index (χ2v) is 5.89. The number of carbonyl (C=O) groups is 2. The van der Waals surface area contributed by atoms with Crippen LogP contribution in [0.2, 0.25) is 0 Å². The van der Waals surface area contributed by atoms with Gasteiger partial charge in [0.05, 0.1) is 66.1 Å². The maximum atomic E-state index is 11.1. The predicted octanol–water partition coefficient (Wildman–Crippen LogP) is 1.31. The van der Waals surface area contributed by atoms with E-state index in [2.05, 4.69) is 13.2 Å². The van der Waals surface area contributed by atoms with E-state index in [1.807, 2.05) is 0 Å². The van der Waals surface area contributed by atoms with E-state index < -0.39 is 11.9 Å². The van der Waals surface area contributed by atoms with Gasteiger partial charge in [-0.2, -0.15) is 0 Å². The van der Waals surface area contributed by atoms with Gasteiger partial charge in [0.1, 0.15) is 13.2 Å². The van der Waals surface area contributed by atoms with Crippen molar-refractivity contribution in [1.82, 2.24) is 0 Å². The Bertz CT molecular complexity index is 435. The molecular weight excluding hydrogens is 384 g/mol. The molecule has 0 amide bonds. The Morgan fingerprint density at radius 3 is 0.897 bits per heavy atom. The number of hydrogen-bond donors (Lipinski definition) is 0. The van der Waals surface area contributed by atoms with E-state index in [0.717, 1.165) is 0 Å². The largest absolute Gasteiger partial charge is 0.460 e. The normalized spacial score (nSPS) is 10.6. The monoisotopic (exact) mass is 418 g/mol. The number of ether oxygens (including phenoxy) is 7. The summed E-state index contributed by atoms with van der Waals surface area (Å²) in [6.45, 7) is 14.7. The summed E-state index contributed by atoms with van der Waals surface area (Å²) in [6, 6.07) is 0. The van der Waals surface area contributed by atoms with Crippen LogP contribution >= 0.6 is 0 Å². The molecule has 0 saturated heterocycles. The summed E-state index contributed by atoms with van der Waals surface area (Å²) >= 11 is 0. The van der Waals surface area contributed by atoms with Crippen LogP contribution in [0, 0.1) is 0 Å². The molecule has 168 valence electrons. The minimum Gasteiger partial charge on any atom is -0.460 e. The zero-order valence-corrected chi connectivity index (χ0v) is 17.6. The molecule has 0 aliphatic heterocycles. The Morgan fingerprint density at radius 1 is 0.483 bits per heavy atom. The average molecular weight is 418 g/mol. The smallest absolute Gasteiger partial charge is 0.333 e. The molecule has 0 saturated carbocycles. The van der Waals surface area contributed by atoms with Crippen LogP contribution in [0.25, 0.3) is 0 Å². The molecule has 0 heterocycles. The number of esters is 2. The third kappa shape index (κ3) is 19.3. The minimum absolute atomic E-state index is 0.197. The summed E-state index contributed by atoms with van der Waals surface area (Å²) in [5.41, 5.74) is 0.733. The van der Waals surface area contributed by atoms with Crippen LogP contribution in [-0.4, -0.2) is 91.2 Å². The molecule has 0 atom stereocenters. The van der Waals surface area contributed by atoms with Crippen LogP contribution < -0.4 is 0 Å². The first-order valence-electron chi connectivity index (χ1n) is 9.49. The van der Waals surface area contributed by atoms with Crippen LogP contribution in [0.4, 0.5) is 0 Å². The fourth-order valence-electron chi connectivity index (χ4n) is 1.61. The lowest BCUT2D eigenvalue weighted by Gasteiger charge is -2.08. The Hall–Kier alpha value is -1.78. The third-order valence-corrected chi connectivity index (χ3v) is 3.11. The van der Waals surface area contributed by atoms with E-state index in [0.29, 0.717) is 77.2 Å². The minimum atomic E-state index is -0.417. The predicted molar refractivity (Wildman–Crippen MR) is 106 cm³/mol. The van der Waals surface area contributed by atoms with Crippen LogP contribution in [0.15, 0.2) is 24.3 Å². The highest BCUT2D eigenvalue weighted by Crippen LogP contribution is 1.92. The Morgan fingerprint density at radius 2 is 0.690 bits per heavy atom. The topological polar surface area (TPSA) is 98.8 Å². The highest BCUT2D eigenvalue weighted by Gasteiger charge is 2.02. The van der Waals surface area contributed by atoms with Crippen molar-refractivity contribution in [2.24, 2.45) is 0 Å². The summed E-state index contributed by atoms with van der Waals surface area (Å²) in [4.78, 5) is 22.2. The van der Waals surface area contributed by atoms with Gasteiger partial charge in [0.25, 0.3) is 0 Å². The van der Waals surface area contributed by atoms with Gasteiger partial charge < -0.3 is 33.2 Å². The van der Waals surface area contributed by atoms with Gasteiger partial charge in [0, 0.05) is 11.1 Å². The molecule has 0 aromatic heterocycles. The third-order valence-electron chi connectivity index (χ3n) is 3.11. The SMILES string of the molecule is C=C(C)C(=O)OCCOCCOCCOCCOCCOCCOC(=O)C(=C)C. The quantitative estimate of drug-likeness (QED) is 0.165. The molecule has 0 unspecified atom stereocenters. The van der Waals surface area contributed by atoms with Gasteiger partial charge in [0.15, 0.2) is 0 Å². The van der Waals surface area contributed by atoms with Crippen molar-refractivity contribution < 1.29 is 42.7 Å². The number of rotatable bonds is 20. The molecule has 0 rings (SSSR count). The molecule has 0 fully saturated rings. The summed E-state index contributed by atoms with van der Waals surface area (Å²) in [5.74, 6) is -0.833. The molecule has 9 heteroatoms. The van der Waals surface area contributed by atoms with Crippen molar-refractivity contribution in [1.29, 1.82) is 0 Å². The summed E-state index contributed by atoms with van der Waals surface area (Å²) in [6.07, 6.45) is 0. The first kappa shape index (κ1) is 27.2. The van der Waals surface area contributed by atoms with E-state index in [4.69, 9.17) is 33.2 Å². The van der Waals surface area contributed by atoms with Crippen molar-refractivity contribution in [3.63, 3.8) is 0 Å². The summed E-state index contributed by atoms with van der Waals surface area (Å²) in [7, 11) is 0. The maximum absolute atomic E-state index is 11.1. The van der Waals surface area contributed by atoms with E-state index >= 15 is 0 Å². The van der Waals surface area contributed by atoms with E-state index in [1.165, 1.54) is 0 Å². The highest BCUT2D eigenvalue weighted by atomic mass is 16.6. The Balaban J connectivity index is 3.13. The van der Waals surface area contributed by atoms with Crippen molar-refractivity contribution in [2.75, 3.05) is 79.3 Å². The van der Waals surface area contributed by atoms with E-state index in [1.54, 1.807) is 13.8 Å². The first-order chi connectivity index (χ1) is 13.9. The van der Waals surface area contributed by atoms with E-state index in [9.17, 15) is 9.59 Å². The van der Waals surface area contributed by atoms with Gasteiger partial charge in [-0.25, -0.2) is 9.59 Å². The molecule has 0 aliphatic rings. The average Bonchev–Trinajstić information content (AvgIpc) is 2.69. The zero-order chi connectivity index (χ0) is 21.7. The lowest BCUT2D eigenvalue weighted by molar-refractivity contribution is -0.141.